The molecule has 6 heteroatoms. The third-order valence-electron chi connectivity index (χ3n) is 3.23. The smallest absolute Gasteiger partial charge is 0.356 e. The van der Waals surface area contributed by atoms with Crippen molar-refractivity contribution in [3.05, 3.63) is 46.8 Å². The molecule has 0 aliphatic carbocycles. The van der Waals surface area contributed by atoms with Crippen LogP contribution in [0.5, 0.6) is 0 Å². The minimum atomic E-state index is -1.11. The van der Waals surface area contributed by atoms with E-state index in [0.717, 1.165) is 11.3 Å². The Morgan fingerprint density at radius 2 is 1.81 bits per heavy atom. The molecule has 0 spiro atoms. The summed E-state index contributed by atoms with van der Waals surface area (Å²) in [5.41, 5.74) is 2.20. The number of aromatic carboxylic acids is 2. The zero-order chi connectivity index (χ0) is 15.7. The molecule has 1 heterocycles. The first-order valence-corrected chi connectivity index (χ1v) is 6.49. The van der Waals surface area contributed by atoms with Gasteiger partial charge in [-0.05, 0) is 36.6 Å². The van der Waals surface area contributed by atoms with E-state index in [0.29, 0.717) is 5.69 Å². The molecule has 21 heavy (non-hydrogen) atoms. The summed E-state index contributed by atoms with van der Waals surface area (Å²) in [5, 5.41) is 22.3. The van der Waals surface area contributed by atoms with Crippen molar-refractivity contribution in [3.63, 3.8) is 0 Å². The van der Waals surface area contributed by atoms with Crippen LogP contribution in [0.1, 0.15) is 51.9 Å². The van der Waals surface area contributed by atoms with Gasteiger partial charge in [-0.3, -0.25) is 0 Å². The first kappa shape index (κ1) is 14.8. The van der Waals surface area contributed by atoms with Gasteiger partial charge in [-0.25, -0.2) is 14.3 Å². The standard InChI is InChI=1S/C15H16N2O4/c1-8(2)12-7-11(15(20)21)16-17(12)13-6-10(14(18)19)5-4-9(13)3/h4-8H,1-3H3,(H,18,19)(H,20,21). The SMILES string of the molecule is Cc1ccc(C(=O)O)cc1-n1nc(C(=O)O)cc1C(C)C. The molecule has 1 aromatic carbocycles. The molecule has 0 unspecified atom stereocenters. The number of nitrogens with zero attached hydrogens (tertiary/aromatic N) is 2. The number of carboxylic acids is 2. The molecule has 2 aromatic rings. The Hall–Kier alpha value is -2.63. The van der Waals surface area contributed by atoms with E-state index in [4.69, 9.17) is 10.2 Å². The summed E-state index contributed by atoms with van der Waals surface area (Å²) in [7, 11) is 0. The number of carbonyl (C=O) groups is 2. The Morgan fingerprint density at radius 3 is 2.33 bits per heavy atom. The second kappa shape index (κ2) is 5.40. The maximum absolute atomic E-state index is 11.1. The molecule has 0 amide bonds. The van der Waals surface area contributed by atoms with Gasteiger partial charge in [-0.15, -0.1) is 0 Å². The van der Waals surface area contributed by atoms with E-state index in [1.165, 1.54) is 22.9 Å². The molecule has 0 saturated heterocycles. The minimum Gasteiger partial charge on any atom is -0.478 e. The number of rotatable bonds is 4. The predicted molar refractivity (Wildman–Crippen MR) is 76.3 cm³/mol. The van der Waals surface area contributed by atoms with E-state index in [9.17, 15) is 9.59 Å². The fourth-order valence-electron chi connectivity index (χ4n) is 2.07. The van der Waals surface area contributed by atoms with Crippen LogP contribution in [0.3, 0.4) is 0 Å². The summed E-state index contributed by atoms with van der Waals surface area (Å²) in [6, 6.07) is 6.21. The highest BCUT2D eigenvalue weighted by molar-refractivity contribution is 5.88. The van der Waals surface area contributed by atoms with Gasteiger partial charge in [-0.2, -0.15) is 5.10 Å². The lowest BCUT2D eigenvalue weighted by atomic mass is 10.1. The van der Waals surface area contributed by atoms with E-state index in [2.05, 4.69) is 5.10 Å². The van der Waals surface area contributed by atoms with Gasteiger partial charge in [0.05, 0.1) is 11.3 Å². The highest BCUT2D eigenvalue weighted by Crippen LogP contribution is 2.23. The van der Waals surface area contributed by atoms with Gasteiger partial charge in [0.25, 0.3) is 0 Å². The average Bonchev–Trinajstić information content (AvgIpc) is 2.84. The fraction of sp³-hybridized carbons (Fsp3) is 0.267. The van der Waals surface area contributed by atoms with Crippen molar-refractivity contribution in [3.8, 4) is 5.69 Å². The summed E-state index contributed by atoms with van der Waals surface area (Å²) in [5.74, 6) is -2.09. The van der Waals surface area contributed by atoms with Gasteiger partial charge in [-0.1, -0.05) is 19.9 Å². The quantitative estimate of drug-likeness (QED) is 0.902. The maximum atomic E-state index is 11.1. The number of aryl methyl sites for hydroxylation is 1. The lowest BCUT2D eigenvalue weighted by Crippen LogP contribution is -2.08. The summed E-state index contributed by atoms with van der Waals surface area (Å²) < 4.78 is 1.51. The van der Waals surface area contributed by atoms with Gasteiger partial charge in [0.15, 0.2) is 5.69 Å². The van der Waals surface area contributed by atoms with Crippen molar-refractivity contribution in [1.29, 1.82) is 0 Å². The lowest BCUT2D eigenvalue weighted by Gasteiger charge is -2.13. The van der Waals surface area contributed by atoms with Crippen molar-refractivity contribution in [2.24, 2.45) is 0 Å². The van der Waals surface area contributed by atoms with Crippen molar-refractivity contribution >= 4 is 11.9 Å². The molecule has 1 aromatic heterocycles. The third kappa shape index (κ3) is 2.79. The molecular weight excluding hydrogens is 272 g/mol. The van der Waals surface area contributed by atoms with Crippen LogP contribution in [0.15, 0.2) is 24.3 Å². The molecule has 0 aliphatic rings. The van der Waals surface area contributed by atoms with Crippen LogP contribution >= 0.6 is 0 Å². The van der Waals surface area contributed by atoms with Crippen molar-refractivity contribution < 1.29 is 19.8 Å². The Balaban J connectivity index is 2.68. The lowest BCUT2D eigenvalue weighted by molar-refractivity contribution is 0.0681. The van der Waals surface area contributed by atoms with Crippen LogP contribution in [0.2, 0.25) is 0 Å². The first-order valence-electron chi connectivity index (χ1n) is 6.49. The molecule has 0 fully saturated rings. The third-order valence-corrected chi connectivity index (χ3v) is 3.23. The predicted octanol–water partition coefficient (Wildman–Crippen LogP) is 2.70. The monoisotopic (exact) mass is 288 g/mol. The van der Waals surface area contributed by atoms with E-state index in [-0.39, 0.29) is 17.2 Å². The number of carboxylic acid groups (broad SMARTS) is 2. The molecule has 0 saturated carbocycles. The van der Waals surface area contributed by atoms with Crippen LogP contribution in [0, 0.1) is 6.92 Å². The van der Waals surface area contributed by atoms with Gasteiger partial charge in [0.1, 0.15) is 0 Å². The summed E-state index contributed by atoms with van der Waals surface area (Å²) in [4.78, 5) is 22.2. The number of benzene rings is 1. The minimum absolute atomic E-state index is 0.0542. The highest BCUT2D eigenvalue weighted by atomic mass is 16.4. The van der Waals surface area contributed by atoms with Crippen LogP contribution in [-0.4, -0.2) is 31.9 Å². The number of aromatic nitrogens is 2. The van der Waals surface area contributed by atoms with E-state index >= 15 is 0 Å². The summed E-state index contributed by atoms with van der Waals surface area (Å²) >= 11 is 0. The van der Waals surface area contributed by atoms with Crippen molar-refractivity contribution in [2.45, 2.75) is 26.7 Å². The van der Waals surface area contributed by atoms with Crippen LogP contribution in [-0.2, 0) is 0 Å². The topological polar surface area (TPSA) is 92.4 Å². The molecule has 2 N–H and O–H groups in total. The molecule has 6 nitrogen and oxygen atoms in total. The van der Waals surface area contributed by atoms with Crippen LogP contribution in [0.4, 0.5) is 0 Å². The van der Waals surface area contributed by atoms with Gasteiger partial charge in [0, 0.05) is 5.69 Å². The average molecular weight is 288 g/mol. The van der Waals surface area contributed by atoms with Crippen LogP contribution in [0.25, 0.3) is 5.69 Å². The molecule has 2 rings (SSSR count). The van der Waals surface area contributed by atoms with Crippen molar-refractivity contribution in [1.82, 2.24) is 9.78 Å². The van der Waals surface area contributed by atoms with Crippen LogP contribution < -0.4 is 0 Å². The Kier molecular flexibility index (Phi) is 3.80. The molecule has 0 radical (unpaired) electrons. The zero-order valence-corrected chi connectivity index (χ0v) is 12.0. The van der Waals surface area contributed by atoms with Gasteiger partial charge >= 0.3 is 11.9 Å². The van der Waals surface area contributed by atoms with Gasteiger partial charge < -0.3 is 10.2 Å². The summed E-state index contributed by atoms with van der Waals surface area (Å²) in [6.45, 7) is 5.68. The number of hydrogen-bond donors (Lipinski definition) is 2. The molecular formula is C15H16N2O4. The molecule has 0 atom stereocenters. The fourth-order valence-corrected chi connectivity index (χ4v) is 2.07. The Labute approximate surface area is 121 Å². The Bertz CT molecular complexity index is 716. The maximum Gasteiger partial charge on any atom is 0.356 e. The van der Waals surface area contributed by atoms with Crippen molar-refractivity contribution in [2.75, 3.05) is 0 Å². The number of hydrogen-bond acceptors (Lipinski definition) is 3. The zero-order valence-electron chi connectivity index (χ0n) is 12.0. The molecule has 0 bridgehead atoms. The Morgan fingerprint density at radius 1 is 1.14 bits per heavy atom. The largest absolute Gasteiger partial charge is 0.478 e. The highest BCUT2D eigenvalue weighted by Gasteiger charge is 2.18. The normalized spacial score (nSPS) is 10.9. The van der Waals surface area contributed by atoms with E-state index in [1.807, 2.05) is 20.8 Å². The van der Waals surface area contributed by atoms with E-state index in [1.54, 1.807) is 6.07 Å². The first-order chi connectivity index (χ1) is 9.81. The summed E-state index contributed by atoms with van der Waals surface area (Å²) in [6.07, 6.45) is 0. The van der Waals surface area contributed by atoms with Gasteiger partial charge in [0.2, 0.25) is 0 Å². The molecule has 0 aliphatic heterocycles. The molecule has 110 valence electrons. The second-order valence-electron chi connectivity index (χ2n) is 5.13. The second-order valence-corrected chi connectivity index (χ2v) is 5.13. The van der Waals surface area contributed by atoms with E-state index < -0.39 is 11.9 Å².